The van der Waals surface area contributed by atoms with Crippen LogP contribution in [0.1, 0.15) is 98.9 Å². The zero-order valence-electron chi connectivity index (χ0n) is 37.2. The van der Waals surface area contributed by atoms with E-state index in [0.29, 0.717) is 0 Å². The Morgan fingerprint density at radius 1 is 0.302 bits per heavy atom. The summed E-state index contributed by atoms with van der Waals surface area (Å²) in [6, 6.07) is 64.6. The van der Waals surface area contributed by atoms with Crippen LogP contribution in [0.15, 0.2) is 182 Å². The van der Waals surface area contributed by atoms with Gasteiger partial charge in [-0.1, -0.05) is 193 Å². The van der Waals surface area contributed by atoms with Crippen molar-refractivity contribution in [3.8, 4) is 66.8 Å². The second kappa shape index (κ2) is 13.6. The molecule has 0 aliphatic heterocycles. The van der Waals surface area contributed by atoms with Crippen LogP contribution >= 0.6 is 0 Å². The summed E-state index contributed by atoms with van der Waals surface area (Å²) in [5, 5.41) is 0. The molecule has 4 aliphatic carbocycles. The van der Waals surface area contributed by atoms with Gasteiger partial charge in [0, 0.05) is 16.2 Å². The number of hydrogen-bond donors (Lipinski definition) is 0. The van der Waals surface area contributed by atoms with Gasteiger partial charge in [-0.05, 0) is 166 Å². The second-order valence-electron chi connectivity index (χ2n) is 20.0. The molecule has 12 rings (SSSR count). The van der Waals surface area contributed by atoms with Crippen LogP contribution < -0.4 is 0 Å². The number of allylic oxidation sites excluding steroid dienone is 4. The van der Waals surface area contributed by atoms with Crippen LogP contribution in [0, 0.1) is 0 Å². The van der Waals surface area contributed by atoms with Gasteiger partial charge in [0.1, 0.15) is 0 Å². The van der Waals surface area contributed by atoms with Gasteiger partial charge in [-0.15, -0.1) is 0 Å². The van der Waals surface area contributed by atoms with E-state index >= 15 is 0 Å². The van der Waals surface area contributed by atoms with E-state index in [0.717, 1.165) is 12.8 Å². The zero-order valence-corrected chi connectivity index (χ0v) is 37.2. The number of hydrogen-bond acceptors (Lipinski definition) is 0. The topological polar surface area (TPSA) is 0 Å². The van der Waals surface area contributed by atoms with Crippen molar-refractivity contribution in [1.29, 1.82) is 0 Å². The first-order valence-electron chi connectivity index (χ1n) is 22.9. The highest BCUT2D eigenvalue weighted by molar-refractivity contribution is 5.99. The molecule has 0 fully saturated rings. The maximum atomic E-state index is 2.53. The molecule has 0 heteroatoms. The fraction of sp³-hybridized carbons (Fsp3) is 0.175. The Bertz CT molecular complexity index is 3290. The first-order chi connectivity index (χ1) is 30.5. The SMILES string of the molecule is CC1(C)c2ccccc2-c2ccc(C3=C(c4ccc5c(c4)C(C)(C)c4cc(-c6ccc7c(c6)C(C)(C)c6cc(-c8ccccc8-c8ccccc8)ccc6-7)ccc4-5)CCC=C3)cc21. The van der Waals surface area contributed by atoms with E-state index in [1.165, 1.54) is 122 Å². The van der Waals surface area contributed by atoms with Crippen molar-refractivity contribution in [2.45, 2.75) is 70.6 Å². The van der Waals surface area contributed by atoms with Gasteiger partial charge in [-0.3, -0.25) is 0 Å². The highest BCUT2D eigenvalue weighted by atomic mass is 14.4. The standard InChI is InChI=1S/C63H52/c1-61(2)55-23-15-14-22-49(55)50-31-26-43(36-58(50)61)47-20-12-13-21-48(47)44-28-33-54-52-30-25-41(35-57(52)63(5,6)60(54)38-44)40-24-29-51-53-32-27-42(37-59(53)62(3,4)56(51)34-40)46-19-11-10-18-45(46)39-16-8-7-9-17-39/h7-12,14-20,22-38H,13,21H2,1-6H3. The number of fused-ring (bicyclic) bond motifs is 9. The Labute approximate surface area is 373 Å². The summed E-state index contributed by atoms with van der Waals surface area (Å²) in [6.07, 6.45) is 6.86. The van der Waals surface area contributed by atoms with Gasteiger partial charge in [0.2, 0.25) is 0 Å². The van der Waals surface area contributed by atoms with Crippen LogP contribution in [0.3, 0.4) is 0 Å². The molecule has 0 nitrogen and oxygen atoms in total. The second-order valence-corrected chi connectivity index (χ2v) is 20.0. The van der Waals surface area contributed by atoms with E-state index in [1.54, 1.807) is 0 Å². The molecule has 0 N–H and O–H groups in total. The van der Waals surface area contributed by atoms with E-state index in [-0.39, 0.29) is 16.2 Å². The van der Waals surface area contributed by atoms with Crippen LogP contribution in [0.4, 0.5) is 0 Å². The fourth-order valence-electron chi connectivity index (χ4n) is 11.9. The molecule has 0 unspecified atom stereocenters. The molecule has 0 atom stereocenters. The lowest BCUT2D eigenvalue weighted by Gasteiger charge is -2.25. The summed E-state index contributed by atoms with van der Waals surface area (Å²) in [6.45, 7) is 14.4. The molecule has 0 saturated heterocycles. The predicted molar refractivity (Wildman–Crippen MR) is 267 cm³/mol. The maximum Gasteiger partial charge on any atom is 0.0159 e. The molecule has 0 bridgehead atoms. The van der Waals surface area contributed by atoms with Crippen molar-refractivity contribution in [3.05, 3.63) is 227 Å². The van der Waals surface area contributed by atoms with Crippen molar-refractivity contribution in [1.82, 2.24) is 0 Å². The van der Waals surface area contributed by atoms with Gasteiger partial charge in [-0.2, -0.15) is 0 Å². The Hall–Kier alpha value is -6.76. The molecule has 0 aromatic heterocycles. The third-order valence-corrected chi connectivity index (χ3v) is 15.4. The van der Waals surface area contributed by atoms with E-state index in [4.69, 9.17) is 0 Å². The molecule has 63 heavy (non-hydrogen) atoms. The van der Waals surface area contributed by atoms with E-state index in [9.17, 15) is 0 Å². The molecular weight excluding hydrogens is 757 g/mol. The highest BCUT2D eigenvalue weighted by Gasteiger charge is 2.39. The summed E-state index contributed by atoms with van der Waals surface area (Å²) < 4.78 is 0. The van der Waals surface area contributed by atoms with Crippen molar-refractivity contribution >= 4 is 11.1 Å². The third kappa shape index (κ3) is 5.60. The normalized spacial score (nSPS) is 16.5. The molecule has 4 aliphatic rings. The van der Waals surface area contributed by atoms with E-state index < -0.39 is 0 Å². The van der Waals surface area contributed by atoms with Crippen LogP contribution in [-0.2, 0) is 16.2 Å². The fourth-order valence-corrected chi connectivity index (χ4v) is 11.9. The van der Waals surface area contributed by atoms with Crippen LogP contribution in [0.25, 0.3) is 77.9 Å². The smallest absolute Gasteiger partial charge is 0.0159 e. The first kappa shape index (κ1) is 38.0. The molecule has 0 amide bonds. The molecule has 0 radical (unpaired) electrons. The lowest BCUT2D eigenvalue weighted by atomic mass is 9.78. The Kier molecular flexibility index (Phi) is 8.21. The van der Waals surface area contributed by atoms with Gasteiger partial charge < -0.3 is 0 Å². The minimum atomic E-state index is -0.135. The van der Waals surface area contributed by atoms with Crippen molar-refractivity contribution < 1.29 is 0 Å². The van der Waals surface area contributed by atoms with Gasteiger partial charge in [-0.25, -0.2) is 0 Å². The van der Waals surface area contributed by atoms with Crippen molar-refractivity contribution in [2.75, 3.05) is 0 Å². The minimum Gasteiger partial charge on any atom is -0.0836 e. The molecule has 8 aromatic rings. The third-order valence-electron chi connectivity index (χ3n) is 15.4. The van der Waals surface area contributed by atoms with Crippen LogP contribution in [-0.4, -0.2) is 0 Å². The first-order valence-corrected chi connectivity index (χ1v) is 22.9. The molecular formula is C63H52. The summed E-state index contributed by atoms with van der Waals surface area (Å²) in [7, 11) is 0. The molecule has 0 spiro atoms. The Balaban J connectivity index is 0.874. The largest absolute Gasteiger partial charge is 0.0836 e. The van der Waals surface area contributed by atoms with Crippen LogP contribution in [0.2, 0.25) is 0 Å². The van der Waals surface area contributed by atoms with Gasteiger partial charge in [0.05, 0.1) is 0 Å². The Morgan fingerprint density at radius 2 is 0.683 bits per heavy atom. The van der Waals surface area contributed by atoms with Crippen LogP contribution in [0.5, 0.6) is 0 Å². The predicted octanol–water partition coefficient (Wildman–Crippen LogP) is 16.9. The molecule has 0 heterocycles. The van der Waals surface area contributed by atoms with E-state index in [1.807, 2.05) is 0 Å². The summed E-state index contributed by atoms with van der Waals surface area (Å²) in [5.74, 6) is 0. The van der Waals surface area contributed by atoms with Gasteiger partial charge in [0.25, 0.3) is 0 Å². The zero-order chi connectivity index (χ0) is 42.8. The molecule has 304 valence electrons. The molecule has 8 aromatic carbocycles. The van der Waals surface area contributed by atoms with Crippen molar-refractivity contribution in [3.63, 3.8) is 0 Å². The molecule has 0 saturated carbocycles. The highest BCUT2D eigenvalue weighted by Crippen LogP contribution is 2.54. The average molecular weight is 809 g/mol. The minimum absolute atomic E-state index is 0.0232. The lowest BCUT2D eigenvalue weighted by molar-refractivity contribution is 0.659. The summed E-state index contributed by atoms with van der Waals surface area (Å²) in [4.78, 5) is 0. The Morgan fingerprint density at radius 3 is 1.25 bits per heavy atom. The summed E-state index contributed by atoms with van der Waals surface area (Å²) in [5.41, 5.74) is 29.5. The summed E-state index contributed by atoms with van der Waals surface area (Å²) >= 11 is 0. The van der Waals surface area contributed by atoms with E-state index in [2.05, 4.69) is 224 Å². The number of rotatable bonds is 5. The van der Waals surface area contributed by atoms with Crippen molar-refractivity contribution in [2.24, 2.45) is 0 Å². The maximum absolute atomic E-state index is 2.53. The monoisotopic (exact) mass is 808 g/mol. The lowest BCUT2D eigenvalue weighted by Crippen LogP contribution is -2.16. The van der Waals surface area contributed by atoms with Gasteiger partial charge >= 0.3 is 0 Å². The quantitative estimate of drug-likeness (QED) is 0.162. The van der Waals surface area contributed by atoms with Gasteiger partial charge in [0.15, 0.2) is 0 Å². The average Bonchev–Trinajstić information content (AvgIpc) is 3.80. The number of benzene rings is 8.